The lowest BCUT2D eigenvalue weighted by atomic mass is 9.76. The quantitative estimate of drug-likeness (QED) is 0.200. The Hall–Kier alpha value is -4.46. The number of sulfonamides is 1. The predicted octanol–water partition coefficient (Wildman–Crippen LogP) is 6.96. The minimum Gasteiger partial charge on any atom is -0.451 e. The van der Waals surface area contributed by atoms with Crippen molar-refractivity contribution in [2.24, 2.45) is 23.7 Å². The van der Waals surface area contributed by atoms with Gasteiger partial charge in [0.05, 0.1) is 10.9 Å². The van der Waals surface area contributed by atoms with Crippen molar-refractivity contribution in [3.05, 3.63) is 60.4 Å². The van der Waals surface area contributed by atoms with Gasteiger partial charge in [0, 0.05) is 23.5 Å². The number of carbonyl (C=O) groups excluding carboxylic acids is 4. The van der Waals surface area contributed by atoms with E-state index in [9.17, 15) is 32.0 Å². The molecule has 1 aliphatic heterocycles. The van der Waals surface area contributed by atoms with Crippen molar-refractivity contribution in [2.75, 3.05) is 18.5 Å². The maximum Gasteiger partial charge on any atom is 0.407 e. The minimum atomic E-state index is -4.12. The van der Waals surface area contributed by atoms with Crippen molar-refractivity contribution in [3.8, 4) is 0 Å². The van der Waals surface area contributed by atoms with Gasteiger partial charge in [0.2, 0.25) is 11.8 Å². The highest BCUT2D eigenvalue weighted by atomic mass is 32.2. The highest BCUT2D eigenvalue weighted by Gasteiger charge is 2.47. The number of likely N-dealkylation sites (tertiary alicyclic amines) is 1. The van der Waals surface area contributed by atoms with Crippen LogP contribution in [0.2, 0.25) is 0 Å². The Morgan fingerprint density at radius 3 is 2.30 bits per heavy atom. The van der Waals surface area contributed by atoms with Gasteiger partial charge in [0.1, 0.15) is 23.9 Å². The third kappa shape index (κ3) is 9.24. The molecule has 3 N–H and O–H groups in total. The van der Waals surface area contributed by atoms with E-state index in [0.717, 1.165) is 38.5 Å². The lowest BCUT2D eigenvalue weighted by molar-refractivity contribution is -0.142. The monoisotopic (exact) mass is 766 g/mol. The molecule has 2 aromatic carbocycles. The fourth-order valence-corrected chi connectivity index (χ4v) is 9.46. The molecule has 1 aromatic heterocycles. The van der Waals surface area contributed by atoms with Crippen LogP contribution in [0.5, 0.6) is 0 Å². The summed E-state index contributed by atoms with van der Waals surface area (Å²) in [6.45, 7) is 5.01. The summed E-state index contributed by atoms with van der Waals surface area (Å²) in [7, 11) is -4.12. The molecule has 54 heavy (non-hydrogen) atoms. The average molecular weight is 767 g/mol. The van der Waals surface area contributed by atoms with Crippen molar-refractivity contribution < 1.29 is 41.1 Å². The van der Waals surface area contributed by atoms with Crippen molar-refractivity contribution in [3.63, 3.8) is 0 Å². The zero-order valence-corrected chi connectivity index (χ0v) is 32.0. The first-order valence-corrected chi connectivity index (χ1v) is 20.5. The summed E-state index contributed by atoms with van der Waals surface area (Å²) in [6, 6.07) is 12.5. The van der Waals surface area contributed by atoms with E-state index in [1.165, 1.54) is 18.2 Å². The van der Waals surface area contributed by atoms with E-state index in [1.54, 1.807) is 62.1 Å². The van der Waals surface area contributed by atoms with Crippen LogP contribution < -0.4 is 15.4 Å². The van der Waals surface area contributed by atoms with Gasteiger partial charge in [-0.15, -0.1) is 0 Å². The zero-order valence-electron chi connectivity index (χ0n) is 31.1. The van der Waals surface area contributed by atoms with Gasteiger partial charge in [-0.3, -0.25) is 14.4 Å². The summed E-state index contributed by atoms with van der Waals surface area (Å²) in [6.07, 6.45) is 7.68. The maximum absolute atomic E-state index is 14.2. The molecule has 0 radical (unpaired) electrons. The van der Waals surface area contributed by atoms with Crippen LogP contribution in [0.1, 0.15) is 95.5 Å². The van der Waals surface area contributed by atoms with Gasteiger partial charge in [0.15, 0.2) is 5.76 Å². The van der Waals surface area contributed by atoms with Crippen LogP contribution in [0.4, 0.5) is 14.9 Å². The second-order valence-electron chi connectivity index (χ2n) is 15.9. The molecule has 1 saturated heterocycles. The van der Waals surface area contributed by atoms with Crippen LogP contribution in [0.15, 0.2) is 63.9 Å². The third-order valence-corrected chi connectivity index (χ3v) is 12.4. The van der Waals surface area contributed by atoms with Gasteiger partial charge in [-0.05, 0) is 107 Å². The summed E-state index contributed by atoms with van der Waals surface area (Å²) in [5, 5.41) is 6.20. The Bertz CT molecular complexity index is 1930. The smallest absolute Gasteiger partial charge is 0.407 e. The van der Waals surface area contributed by atoms with Gasteiger partial charge in [0.25, 0.3) is 10.0 Å². The molecule has 3 fully saturated rings. The largest absolute Gasteiger partial charge is 0.451 e. The van der Waals surface area contributed by atoms with Crippen LogP contribution >= 0.6 is 0 Å². The molecule has 2 heterocycles. The molecule has 6 rings (SSSR count). The van der Waals surface area contributed by atoms with Crippen molar-refractivity contribution in [1.82, 2.24) is 14.9 Å². The SMILES string of the molecule is CC(C)(C)OC(=O)N[C@H](CF)C1CCC(C(=O)N2CC[C@@H](C3CCCCC3)[C@H]2C(=O)Nc2ccc3oc(C(=O)NS(=O)(=O)c4ccccc4)cc3c2)CC1. The second kappa shape index (κ2) is 16.5. The Kier molecular flexibility index (Phi) is 12.0. The highest BCUT2D eigenvalue weighted by molar-refractivity contribution is 7.90. The van der Waals surface area contributed by atoms with E-state index in [1.807, 2.05) is 4.72 Å². The summed E-state index contributed by atoms with van der Waals surface area (Å²) >= 11 is 0. The van der Waals surface area contributed by atoms with Gasteiger partial charge in [-0.2, -0.15) is 0 Å². The maximum atomic E-state index is 14.2. The van der Waals surface area contributed by atoms with Crippen LogP contribution in [0.25, 0.3) is 11.0 Å². The first-order valence-electron chi connectivity index (χ1n) is 19.0. The van der Waals surface area contributed by atoms with Gasteiger partial charge >= 0.3 is 12.0 Å². The molecule has 0 spiro atoms. The van der Waals surface area contributed by atoms with E-state index < -0.39 is 46.4 Å². The van der Waals surface area contributed by atoms with E-state index >= 15 is 0 Å². The molecule has 14 heteroatoms. The first-order chi connectivity index (χ1) is 25.7. The number of carbonyl (C=O) groups is 4. The summed E-state index contributed by atoms with van der Waals surface area (Å²) in [5.41, 5.74) is 0.0845. The van der Waals surface area contributed by atoms with Crippen LogP contribution in [-0.2, 0) is 24.3 Å². The molecule has 0 bridgehead atoms. The number of benzene rings is 2. The lowest BCUT2D eigenvalue weighted by Crippen LogP contribution is -2.50. The Balaban J connectivity index is 1.13. The topological polar surface area (TPSA) is 164 Å². The number of nitrogens with one attached hydrogen (secondary N) is 3. The fraction of sp³-hybridized carbons (Fsp3) is 0.550. The Labute approximate surface area is 316 Å². The molecule has 3 aliphatic rings. The molecule has 3 atom stereocenters. The number of rotatable bonds is 10. The number of anilines is 1. The number of hydrogen-bond donors (Lipinski definition) is 3. The Morgan fingerprint density at radius 2 is 1.63 bits per heavy atom. The summed E-state index contributed by atoms with van der Waals surface area (Å²) in [4.78, 5) is 55.4. The van der Waals surface area contributed by atoms with E-state index in [0.29, 0.717) is 54.8 Å². The van der Waals surface area contributed by atoms with Gasteiger partial charge < -0.3 is 24.7 Å². The van der Waals surface area contributed by atoms with Crippen molar-refractivity contribution in [1.29, 1.82) is 0 Å². The van der Waals surface area contributed by atoms with Crippen molar-refractivity contribution in [2.45, 2.75) is 108 Å². The van der Waals surface area contributed by atoms with Crippen molar-refractivity contribution >= 4 is 50.5 Å². The standard InChI is InChI=1S/C40H51FN4O8S/c1-40(2,3)53-39(49)43-32(24-41)26-14-16-27(17-15-26)38(48)45-21-20-31(25-10-6-4-7-11-25)35(45)37(47)42-29-18-19-33-28(22-29)23-34(52-33)36(46)44-54(50,51)30-12-8-5-9-13-30/h5,8-9,12-13,18-19,22-23,25-27,31-32,35H,4,6-7,10-11,14-17,20-21,24H2,1-3H3,(H,42,47)(H,43,49)(H,44,46)/t26?,27?,31-,32+,35-/m0/s1. The molecule has 2 aliphatic carbocycles. The number of fused-ring (bicyclic) bond motifs is 1. The molecule has 292 valence electrons. The molecule has 2 saturated carbocycles. The minimum absolute atomic E-state index is 0.0130. The molecular weight excluding hydrogens is 716 g/mol. The number of halogens is 1. The fourth-order valence-electron chi connectivity index (χ4n) is 8.48. The molecule has 0 unspecified atom stereocenters. The van der Waals surface area contributed by atoms with Gasteiger partial charge in [-0.25, -0.2) is 22.3 Å². The normalized spacial score (nSPS) is 23.1. The predicted molar refractivity (Wildman–Crippen MR) is 201 cm³/mol. The number of alkyl carbamates (subject to hydrolysis) is 1. The lowest BCUT2D eigenvalue weighted by Gasteiger charge is -2.37. The first kappa shape index (κ1) is 39.2. The van der Waals surface area contributed by atoms with Crippen LogP contribution in [0, 0.1) is 23.7 Å². The molecule has 3 aromatic rings. The Morgan fingerprint density at radius 1 is 0.926 bits per heavy atom. The summed E-state index contributed by atoms with van der Waals surface area (Å²) in [5.74, 6) is -1.56. The molecular formula is C40H51FN4O8S. The third-order valence-electron chi connectivity index (χ3n) is 11.1. The summed E-state index contributed by atoms with van der Waals surface area (Å²) < 4.78 is 52.5. The number of ether oxygens (including phenoxy) is 1. The molecule has 4 amide bonds. The number of amides is 4. The van der Waals surface area contributed by atoms with E-state index in [-0.39, 0.29) is 40.2 Å². The highest BCUT2D eigenvalue weighted by Crippen LogP contribution is 2.41. The number of furan rings is 1. The number of alkyl halides is 1. The zero-order chi connectivity index (χ0) is 38.6. The number of nitrogens with zero attached hydrogens (tertiary/aromatic N) is 1. The number of hydrogen-bond acceptors (Lipinski definition) is 8. The second-order valence-corrected chi connectivity index (χ2v) is 17.6. The van der Waals surface area contributed by atoms with E-state index in [2.05, 4.69) is 10.6 Å². The average Bonchev–Trinajstić information content (AvgIpc) is 3.79. The van der Waals surface area contributed by atoms with Gasteiger partial charge in [-0.1, -0.05) is 50.3 Å². The molecule has 12 nitrogen and oxygen atoms in total. The van der Waals surface area contributed by atoms with E-state index in [4.69, 9.17) is 9.15 Å². The van der Waals surface area contributed by atoms with Crippen LogP contribution in [0.3, 0.4) is 0 Å². The van der Waals surface area contributed by atoms with Crippen LogP contribution in [-0.4, -0.2) is 68.0 Å².